The summed E-state index contributed by atoms with van der Waals surface area (Å²) in [5.74, 6) is 0.666. The highest BCUT2D eigenvalue weighted by Crippen LogP contribution is 2.47. The lowest BCUT2D eigenvalue weighted by atomic mass is 9.95. The summed E-state index contributed by atoms with van der Waals surface area (Å²) in [6, 6.07) is 6.12. The molecule has 0 unspecified atom stereocenters. The number of hydrogen-bond acceptors (Lipinski definition) is 4. The molecule has 2 nitrogen and oxygen atoms in total. The fourth-order valence-corrected chi connectivity index (χ4v) is 5.82. The summed E-state index contributed by atoms with van der Waals surface area (Å²) in [4.78, 5) is 12.0. The summed E-state index contributed by atoms with van der Waals surface area (Å²) < 4.78 is 5.60. The Bertz CT molecular complexity index is 619. The van der Waals surface area contributed by atoms with E-state index in [-0.39, 0.29) is 0 Å². The van der Waals surface area contributed by atoms with E-state index < -0.39 is 6.12 Å². The molecule has 0 saturated carbocycles. The monoisotopic (exact) mass is 540 g/mol. The predicted octanol–water partition coefficient (Wildman–Crippen LogP) is 10.1. The topological polar surface area (TPSA) is 32.3 Å². The molecule has 0 atom stereocenters. The van der Waals surface area contributed by atoms with E-state index in [0.717, 1.165) is 19.3 Å². The number of unbranched alkanes of at least 4 members (excludes halogenated alkanes) is 18. The molecule has 0 heterocycles. The van der Waals surface area contributed by atoms with Crippen LogP contribution in [-0.4, -0.2) is 0 Å². The Morgan fingerprint density at radius 3 is 1.43 bits per heavy atom. The SMILES string of the molecule is CCCCCCCCCCCCc1cccc(O[P+]([O-])([S-])[S-])c1CCCCCCCCCCCC. The summed E-state index contributed by atoms with van der Waals surface area (Å²) in [6.45, 7) is 4.55. The minimum atomic E-state index is -3.39. The quantitative estimate of drug-likeness (QED) is 0.0741. The molecule has 0 spiro atoms. The molecule has 204 valence electrons. The van der Waals surface area contributed by atoms with E-state index in [1.165, 1.54) is 133 Å². The maximum atomic E-state index is 12.0. The molecule has 1 rings (SSSR count). The van der Waals surface area contributed by atoms with Crippen molar-refractivity contribution in [2.45, 2.75) is 155 Å². The van der Waals surface area contributed by atoms with Gasteiger partial charge in [-0.3, -0.25) is 0 Å². The van der Waals surface area contributed by atoms with Gasteiger partial charge in [0.05, 0.1) is 0 Å². The van der Waals surface area contributed by atoms with Gasteiger partial charge >= 0.3 is 0 Å². The number of aryl methyl sites for hydroxylation is 1. The molecule has 0 bridgehead atoms. The van der Waals surface area contributed by atoms with E-state index in [1.54, 1.807) is 0 Å². The van der Waals surface area contributed by atoms with Crippen molar-refractivity contribution in [1.29, 1.82) is 0 Å². The van der Waals surface area contributed by atoms with E-state index in [9.17, 15) is 4.89 Å². The minimum absolute atomic E-state index is 0.666. The van der Waals surface area contributed by atoms with Crippen LogP contribution in [0.25, 0.3) is 0 Å². The van der Waals surface area contributed by atoms with Crippen LogP contribution in [0.2, 0.25) is 0 Å². The summed E-state index contributed by atoms with van der Waals surface area (Å²) >= 11 is 9.84. The Morgan fingerprint density at radius 1 is 0.600 bits per heavy atom. The van der Waals surface area contributed by atoms with Gasteiger partial charge in [0.2, 0.25) is 0 Å². The Hall–Kier alpha value is 0.110. The van der Waals surface area contributed by atoms with Crippen LogP contribution in [0.5, 0.6) is 5.75 Å². The second-order valence-electron chi connectivity index (χ2n) is 10.3. The van der Waals surface area contributed by atoms with Crippen LogP contribution in [0, 0.1) is 0 Å². The van der Waals surface area contributed by atoms with Crippen LogP contribution in [0.4, 0.5) is 0 Å². The van der Waals surface area contributed by atoms with Crippen LogP contribution in [-0.2, 0) is 37.3 Å². The predicted molar refractivity (Wildman–Crippen MR) is 160 cm³/mol. The molecule has 0 fully saturated rings. The lowest BCUT2D eigenvalue weighted by Crippen LogP contribution is -2.11. The van der Waals surface area contributed by atoms with Gasteiger partial charge in [-0.05, 0) is 37.3 Å². The maximum Gasteiger partial charge on any atom is 0.171 e. The molecule has 5 heteroatoms. The molecule has 0 N–H and O–H groups in total. The summed E-state index contributed by atoms with van der Waals surface area (Å²) in [5, 5.41) is 0. The highest BCUT2D eigenvalue weighted by molar-refractivity contribution is 8.69. The average Bonchev–Trinajstić information content (AvgIpc) is 2.81. The normalized spacial score (nSPS) is 11.8. The first-order valence-corrected chi connectivity index (χ1v) is 18.5. The highest BCUT2D eigenvalue weighted by Gasteiger charge is 2.12. The van der Waals surface area contributed by atoms with Crippen LogP contribution >= 0.6 is 6.12 Å². The zero-order chi connectivity index (χ0) is 25.6. The van der Waals surface area contributed by atoms with E-state index in [1.807, 2.05) is 12.1 Å². The van der Waals surface area contributed by atoms with E-state index in [0.29, 0.717) is 5.75 Å². The van der Waals surface area contributed by atoms with Crippen molar-refractivity contribution in [3.63, 3.8) is 0 Å². The summed E-state index contributed by atoms with van der Waals surface area (Å²) in [6.07, 6.45) is 25.3. The lowest BCUT2D eigenvalue weighted by molar-refractivity contribution is -0.169. The van der Waals surface area contributed by atoms with Crippen LogP contribution in [0.15, 0.2) is 18.2 Å². The average molecular weight is 541 g/mol. The van der Waals surface area contributed by atoms with Crippen molar-refractivity contribution in [3.05, 3.63) is 29.3 Å². The lowest BCUT2D eigenvalue weighted by Gasteiger charge is -2.42. The molecule has 1 aromatic carbocycles. The first kappa shape index (κ1) is 33.1. The maximum absolute atomic E-state index is 12.0. The van der Waals surface area contributed by atoms with Gasteiger partial charge in [0.1, 0.15) is 0 Å². The molecule has 0 amide bonds. The molecular weight excluding hydrogens is 487 g/mol. The van der Waals surface area contributed by atoms with Crippen molar-refractivity contribution in [3.8, 4) is 5.75 Å². The minimum Gasteiger partial charge on any atom is -0.682 e. The summed E-state index contributed by atoms with van der Waals surface area (Å²) in [7, 11) is 0. The molecule has 0 radical (unpaired) electrons. The van der Waals surface area contributed by atoms with Gasteiger partial charge in [0, 0.05) is 5.56 Å². The van der Waals surface area contributed by atoms with E-state index in [4.69, 9.17) is 29.0 Å². The van der Waals surface area contributed by atoms with Crippen molar-refractivity contribution < 1.29 is 9.42 Å². The van der Waals surface area contributed by atoms with Crippen molar-refractivity contribution in [2.75, 3.05) is 0 Å². The molecule has 0 aromatic heterocycles. The standard InChI is InChI=1S/C30H55O2PS2/c1-3-5-7-9-11-13-15-17-19-21-24-28-25-23-27-30(32-33(31,34)35)29(28)26-22-20-18-16-14-12-10-8-6-4-2/h23,25,27H,3-22,24,26H2,1-2H3,(H2,31,34,35)/p-2. The van der Waals surface area contributed by atoms with Gasteiger partial charge in [0.15, 0.2) is 5.75 Å². The fourth-order valence-electron chi connectivity index (χ4n) is 4.93. The summed E-state index contributed by atoms with van der Waals surface area (Å²) in [5.41, 5.74) is 2.52. The highest BCUT2D eigenvalue weighted by atomic mass is 33.1. The van der Waals surface area contributed by atoms with Gasteiger partial charge < -0.3 is 33.9 Å². The number of rotatable bonds is 24. The number of hydrogen-bond donors (Lipinski definition) is 0. The van der Waals surface area contributed by atoms with Gasteiger partial charge in [-0.2, -0.15) is 0 Å². The number of benzene rings is 1. The Balaban J connectivity index is 2.40. The third kappa shape index (κ3) is 18.9. The Kier molecular flexibility index (Phi) is 20.9. The molecule has 0 aliphatic rings. The first-order valence-electron chi connectivity index (χ1n) is 14.8. The van der Waals surface area contributed by atoms with Crippen LogP contribution in [0.1, 0.15) is 153 Å². The van der Waals surface area contributed by atoms with Gasteiger partial charge in [-0.1, -0.05) is 142 Å². The first-order chi connectivity index (χ1) is 17.0. The third-order valence-corrected chi connectivity index (χ3v) is 7.89. The smallest absolute Gasteiger partial charge is 0.171 e. The zero-order valence-corrected chi connectivity index (χ0v) is 25.4. The molecule has 1 aromatic rings. The van der Waals surface area contributed by atoms with Gasteiger partial charge in [-0.15, -0.1) is 6.12 Å². The second-order valence-corrected chi connectivity index (χ2v) is 15.0. The molecular formula is C30H53O2PS2-2. The van der Waals surface area contributed by atoms with Crippen LogP contribution in [0.3, 0.4) is 0 Å². The van der Waals surface area contributed by atoms with Crippen molar-refractivity contribution in [2.24, 2.45) is 0 Å². The zero-order valence-electron chi connectivity index (χ0n) is 22.9. The third-order valence-electron chi connectivity index (χ3n) is 7.02. The van der Waals surface area contributed by atoms with Crippen molar-refractivity contribution >= 4 is 30.6 Å². The Labute approximate surface area is 229 Å². The Morgan fingerprint density at radius 2 is 1.00 bits per heavy atom. The van der Waals surface area contributed by atoms with Gasteiger partial charge in [0.25, 0.3) is 0 Å². The van der Waals surface area contributed by atoms with Gasteiger partial charge in [-0.25, -0.2) is 0 Å². The fraction of sp³-hybridized carbons (Fsp3) is 0.800. The largest absolute Gasteiger partial charge is 0.682 e. The molecule has 0 aliphatic heterocycles. The second kappa shape index (κ2) is 22.1. The van der Waals surface area contributed by atoms with Crippen LogP contribution < -0.4 is 9.42 Å². The van der Waals surface area contributed by atoms with E-state index >= 15 is 0 Å². The van der Waals surface area contributed by atoms with Crippen molar-refractivity contribution in [1.82, 2.24) is 0 Å². The molecule has 0 aliphatic carbocycles. The molecule has 0 saturated heterocycles. The van der Waals surface area contributed by atoms with E-state index in [2.05, 4.69) is 19.9 Å². The molecule has 35 heavy (non-hydrogen) atoms.